The van der Waals surface area contributed by atoms with Crippen molar-refractivity contribution in [2.45, 2.75) is 43.6 Å². The Bertz CT molecular complexity index is 726. The van der Waals surface area contributed by atoms with E-state index >= 15 is 0 Å². The Morgan fingerprint density at radius 1 is 1.07 bits per heavy atom. The van der Waals surface area contributed by atoms with Crippen LogP contribution in [0, 0.1) is 5.92 Å². The number of hydrogen-bond donors (Lipinski definition) is 1. The van der Waals surface area contributed by atoms with Gasteiger partial charge in [-0.3, -0.25) is 14.5 Å². The molecule has 1 aromatic carbocycles. The highest BCUT2D eigenvalue weighted by atomic mass is 16.4. The lowest BCUT2D eigenvalue weighted by Crippen LogP contribution is -2.57. The number of piperidine rings is 1. The van der Waals surface area contributed by atoms with E-state index in [2.05, 4.69) is 29.0 Å². The van der Waals surface area contributed by atoms with Crippen molar-refractivity contribution in [2.75, 3.05) is 46.3 Å². The summed E-state index contributed by atoms with van der Waals surface area (Å²) in [6.07, 6.45) is 3.63. The molecule has 3 fully saturated rings. The van der Waals surface area contributed by atoms with Crippen molar-refractivity contribution in [3.63, 3.8) is 0 Å². The number of aliphatic carboxylic acids is 1. The van der Waals surface area contributed by atoms with Crippen molar-refractivity contribution in [2.24, 2.45) is 5.92 Å². The molecule has 1 saturated carbocycles. The van der Waals surface area contributed by atoms with Gasteiger partial charge in [-0.15, -0.1) is 0 Å². The fraction of sp³-hybridized carbons (Fsp3) is 0.652. The first kappa shape index (κ1) is 20.4. The van der Waals surface area contributed by atoms with Gasteiger partial charge in [-0.1, -0.05) is 30.3 Å². The molecule has 6 heteroatoms. The third kappa shape index (κ3) is 4.33. The summed E-state index contributed by atoms with van der Waals surface area (Å²) in [5.41, 5.74) is 0.799. The second-order valence-electron chi connectivity index (χ2n) is 9.09. The summed E-state index contributed by atoms with van der Waals surface area (Å²) in [7, 11) is 2.15. The molecule has 1 N–H and O–H groups in total. The summed E-state index contributed by atoms with van der Waals surface area (Å²) in [5.74, 6) is -0.256. The Morgan fingerprint density at radius 2 is 1.76 bits per heavy atom. The van der Waals surface area contributed by atoms with E-state index in [0.29, 0.717) is 19.0 Å². The van der Waals surface area contributed by atoms with Crippen LogP contribution in [0.1, 0.15) is 37.7 Å². The largest absolute Gasteiger partial charge is 0.481 e. The highest BCUT2D eigenvalue weighted by Crippen LogP contribution is 2.50. The number of carboxylic acid groups (broad SMARTS) is 1. The summed E-state index contributed by atoms with van der Waals surface area (Å²) in [6.45, 7) is 5.66. The molecule has 6 nitrogen and oxygen atoms in total. The Hall–Kier alpha value is -1.92. The smallest absolute Gasteiger partial charge is 0.303 e. The van der Waals surface area contributed by atoms with Crippen LogP contribution in [0.3, 0.4) is 0 Å². The number of carboxylic acids is 1. The quantitative estimate of drug-likeness (QED) is 0.793. The number of hydrogen-bond acceptors (Lipinski definition) is 4. The normalized spacial score (nSPS) is 27.6. The molecule has 3 aliphatic rings. The van der Waals surface area contributed by atoms with E-state index in [1.165, 1.54) is 0 Å². The summed E-state index contributed by atoms with van der Waals surface area (Å²) in [5, 5.41) is 9.24. The zero-order valence-corrected chi connectivity index (χ0v) is 17.4. The van der Waals surface area contributed by atoms with E-state index in [1.54, 1.807) is 0 Å². The number of nitrogens with zero attached hydrogens (tertiary/aromatic N) is 3. The van der Waals surface area contributed by atoms with Gasteiger partial charge in [-0.25, -0.2) is 0 Å². The Labute approximate surface area is 173 Å². The van der Waals surface area contributed by atoms with E-state index in [-0.39, 0.29) is 23.7 Å². The molecule has 0 bridgehead atoms. The van der Waals surface area contributed by atoms with Crippen LogP contribution in [0.15, 0.2) is 30.3 Å². The van der Waals surface area contributed by atoms with Crippen molar-refractivity contribution in [1.29, 1.82) is 0 Å². The van der Waals surface area contributed by atoms with Crippen LogP contribution in [0.4, 0.5) is 0 Å². The van der Waals surface area contributed by atoms with E-state index < -0.39 is 5.97 Å². The van der Waals surface area contributed by atoms with Crippen LogP contribution in [-0.4, -0.2) is 84.0 Å². The number of benzene rings is 1. The topological polar surface area (TPSA) is 64.1 Å². The molecule has 0 aromatic heterocycles. The average molecular weight is 400 g/mol. The van der Waals surface area contributed by atoms with Crippen LogP contribution >= 0.6 is 0 Å². The monoisotopic (exact) mass is 399 g/mol. The molecule has 4 rings (SSSR count). The maximum atomic E-state index is 13.5. The Kier molecular flexibility index (Phi) is 5.93. The third-order valence-corrected chi connectivity index (χ3v) is 7.20. The number of carbonyl (C=O) groups excluding carboxylic acids is 1. The summed E-state index contributed by atoms with van der Waals surface area (Å²) >= 11 is 0. The third-order valence-electron chi connectivity index (χ3n) is 7.20. The zero-order valence-electron chi connectivity index (χ0n) is 17.4. The maximum absolute atomic E-state index is 13.5. The lowest BCUT2D eigenvalue weighted by Gasteiger charge is -2.47. The van der Waals surface area contributed by atoms with Gasteiger partial charge in [-0.05, 0) is 44.2 Å². The fourth-order valence-electron chi connectivity index (χ4n) is 5.24. The number of likely N-dealkylation sites (N-methyl/N-ethyl adjacent to an activating group) is 1. The van der Waals surface area contributed by atoms with Crippen molar-refractivity contribution < 1.29 is 14.7 Å². The van der Waals surface area contributed by atoms with Gasteiger partial charge in [0.1, 0.15) is 0 Å². The molecule has 0 unspecified atom stereocenters. The lowest BCUT2D eigenvalue weighted by molar-refractivity contribution is -0.138. The molecule has 0 radical (unpaired) electrons. The minimum absolute atomic E-state index is 0.181. The molecule has 2 aliphatic heterocycles. The molecule has 1 aromatic rings. The maximum Gasteiger partial charge on any atom is 0.303 e. The van der Waals surface area contributed by atoms with Crippen LogP contribution in [-0.2, 0) is 15.0 Å². The average Bonchev–Trinajstić information content (AvgIpc) is 3.55. The second kappa shape index (κ2) is 8.44. The molecule has 2 heterocycles. The van der Waals surface area contributed by atoms with Gasteiger partial charge in [0.25, 0.3) is 0 Å². The van der Waals surface area contributed by atoms with Crippen molar-refractivity contribution in [1.82, 2.24) is 14.7 Å². The van der Waals surface area contributed by atoms with Crippen LogP contribution < -0.4 is 0 Å². The molecule has 0 spiro atoms. The van der Waals surface area contributed by atoms with Gasteiger partial charge in [0.2, 0.25) is 5.91 Å². The van der Waals surface area contributed by atoms with Gasteiger partial charge in [-0.2, -0.15) is 0 Å². The fourth-order valence-corrected chi connectivity index (χ4v) is 5.24. The summed E-state index contributed by atoms with van der Waals surface area (Å²) in [6, 6.07) is 10.6. The van der Waals surface area contributed by atoms with E-state index in [4.69, 9.17) is 0 Å². The van der Waals surface area contributed by atoms with E-state index in [1.807, 2.05) is 23.1 Å². The molecular weight excluding hydrogens is 366 g/mol. The van der Waals surface area contributed by atoms with Gasteiger partial charge in [0.05, 0.1) is 5.41 Å². The molecule has 1 aliphatic carbocycles. The molecular formula is C23H33N3O3. The minimum Gasteiger partial charge on any atom is -0.481 e. The van der Waals surface area contributed by atoms with Crippen molar-refractivity contribution >= 4 is 11.9 Å². The molecule has 2 atom stereocenters. The summed E-state index contributed by atoms with van der Waals surface area (Å²) < 4.78 is 0. The first-order valence-electron chi connectivity index (χ1n) is 11.0. The van der Waals surface area contributed by atoms with Crippen LogP contribution in [0.5, 0.6) is 0 Å². The molecule has 2 saturated heterocycles. The standard InChI is InChI=1S/C23H33N3O3/c1-24-13-15-25(16-14-24)20-9-12-26(17-18(20)7-8-21(27)28)22(29)23(10-11-23)19-5-3-2-4-6-19/h2-6,18,20H,7-17H2,1H3,(H,27,28)/t18-,20+/m0/s1. The predicted molar refractivity (Wildman–Crippen MR) is 112 cm³/mol. The highest BCUT2D eigenvalue weighted by molar-refractivity contribution is 5.91. The van der Waals surface area contributed by atoms with Crippen LogP contribution in [0.2, 0.25) is 0 Å². The Balaban J connectivity index is 1.46. The van der Waals surface area contributed by atoms with Gasteiger partial charge >= 0.3 is 5.97 Å². The first-order valence-corrected chi connectivity index (χ1v) is 11.0. The highest BCUT2D eigenvalue weighted by Gasteiger charge is 2.53. The SMILES string of the molecule is CN1CCN([C@@H]2CCN(C(=O)C3(c4ccccc4)CC3)C[C@@H]2CCC(=O)O)CC1. The zero-order chi connectivity index (χ0) is 20.4. The molecule has 1 amide bonds. The van der Waals surface area contributed by atoms with Gasteiger partial charge in [0, 0.05) is 51.7 Å². The predicted octanol–water partition coefficient (Wildman–Crippen LogP) is 2.05. The second-order valence-corrected chi connectivity index (χ2v) is 9.09. The van der Waals surface area contributed by atoms with Gasteiger partial charge in [0.15, 0.2) is 0 Å². The molecule has 158 valence electrons. The number of piperazine rings is 1. The van der Waals surface area contributed by atoms with Gasteiger partial charge < -0.3 is 14.9 Å². The van der Waals surface area contributed by atoms with E-state index in [0.717, 1.165) is 57.5 Å². The first-order chi connectivity index (χ1) is 14.0. The number of likely N-dealkylation sites (tertiary alicyclic amines) is 1. The number of rotatable bonds is 6. The summed E-state index contributed by atoms with van der Waals surface area (Å²) in [4.78, 5) is 31.6. The van der Waals surface area contributed by atoms with Crippen molar-refractivity contribution in [3.8, 4) is 0 Å². The lowest BCUT2D eigenvalue weighted by atomic mass is 9.85. The molecule has 29 heavy (non-hydrogen) atoms. The Morgan fingerprint density at radius 3 is 2.38 bits per heavy atom. The van der Waals surface area contributed by atoms with Crippen LogP contribution in [0.25, 0.3) is 0 Å². The minimum atomic E-state index is -0.742. The number of amides is 1. The van der Waals surface area contributed by atoms with E-state index in [9.17, 15) is 14.7 Å². The number of carbonyl (C=O) groups is 2. The van der Waals surface area contributed by atoms with Crippen molar-refractivity contribution in [3.05, 3.63) is 35.9 Å².